The Balaban J connectivity index is 2.02. The molecule has 1 heterocycles. The van der Waals surface area contributed by atoms with Gasteiger partial charge >= 0.3 is 0 Å². The summed E-state index contributed by atoms with van der Waals surface area (Å²) in [5.74, 6) is 0. The molecule has 0 saturated carbocycles. The molecule has 0 amide bonds. The lowest BCUT2D eigenvalue weighted by molar-refractivity contribution is -0.693. The predicted molar refractivity (Wildman–Crippen MR) is 89.4 cm³/mol. The molecular formula is C17H16NS2+. The van der Waals surface area contributed by atoms with Crippen molar-refractivity contribution in [2.75, 3.05) is 6.26 Å². The lowest BCUT2D eigenvalue weighted by Crippen LogP contribution is -2.34. The van der Waals surface area contributed by atoms with Gasteiger partial charge in [0.25, 0.3) is 4.34 Å². The predicted octanol–water partition coefficient (Wildman–Crippen LogP) is 4.60. The normalized spacial score (nSPS) is 10.8. The molecule has 1 aromatic heterocycles. The summed E-state index contributed by atoms with van der Waals surface area (Å²) >= 11 is 3.67. The van der Waals surface area contributed by atoms with Gasteiger partial charge < -0.3 is 0 Å². The summed E-state index contributed by atoms with van der Waals surface area (Å²) in [4.78, 5) is 0. The molecule has 0 aliphatic carbocycles. The fourth-order valence-corrected chi connectivity index (χ4v) is 4.13. The van der Waals surface area contributed by atoms with E-state index in [1.165, 1.54) is 25.7 Å². The number of benzene rings is 2. The molecule has 0 unspecified atom stereocenters. The molecule has 20 heavy (non-hydrogen) atoms. The number of hydrogen-bond acceptors (Lipinski definition) is 2. The third-order valence-electron chi connectivity index (χ3n) is 3.30. The molecule has 0 aliphatic rings. The largest absolute Gasteiger partial charge is 0.298 e. The highest BCUT2D eigenvalue weighted by Gasteiger charge is 2.19. The Morgan fingerprint density at radius 1 is 1.15 bits per heavy atom. The van der Waals surface area contributed by atoms with Crippen molar-refractivity contribution in [3.05, 3.63) is 66.2 Å². The van der Waals surface area contributed by atoms with Gasteiger partial charge in [-0.2, -0.15) is 4.57 Å². The van der Waals surface area contributed by atoms with Crippen LogP contribution in [0.2, 0.25) is 0 Å². The van der Waals surface area contributed by atoms with Crippen LogP contribution in [0.1, 0.15) is 11.1 Å². The van der Waals surface area contributed by atoms with Gasteiger partial charge in [0, 0.05) is 11.6 Å². The summed E-state index contributed by atoms with van der Waals surface area (Å²) in [6.07, 6.45) is 4.02. The Bertz CT molecular complexity index is 741. The van der Waals surface area contributed by atoms with Gasteiger partial charge in [-0.3, -0.25) is 0 Å². The Morgan fingerprint density at radius 3 is 2.60 bits per heavy atom. The molecule has 0 aliphatic heterocycles. The van der Waals surface area contributed by atoms with Gasteiger partial charge in [0.2, 0.25) is 5.52 Å². The summed E-state index contributed by atoms with van der Waals surface area (Å²) in [5, 5.41) is 0. The molecule has 3 aromatic rings. The first kappa shape index (κ1) is 13.4. The van der Waals surface area contributed by atoms with E-state index in [0.717, 1.165) is 6.54 Å². The van der Waals surface area contributed by atoms with Gasteiger partial charge in [0.05, 0.1) is 0 Å². The minimum Gasteiger partial charge on any atom is -0.172 e. The highest BCUT2D eigenvalue weighted by Crippen LogP contribution is 2.26. The number of fused-ring (bicyclic) bond motifs is 1. The Morgan fingerprint density at radius 2 is 1.90 bits per heavy atom. The second kappa shape index (κ2) is 5.81. The summed E-state index contributed by atoms with van der Waals surface area (Å²) in [7, 11) is 0. The van der Waals surface area contributed by atoms with Gasteiger partial charge in [-0.05, 0) is 29.6 Å². The molecular weight excluding hydrogens is 282 g/mol. The monoisotopic (exact) mass is 298 g/mol. The lowest BCUT2D eigenvalue weighted by atomic mass is 10.1. The average molecular weight is 298 g/mol. The second-order valence-electron chi connectivity index (χ2n) is 4.57. The Labute approximate surface area is 127 Å². The maximum atomic E-state index is 3.80. The number of thiazole rings is 1. The second-order valence-corrected chi connectivity index (χ2v) is 6.66. The zero-order chi connectivity index (χ0) is 13.9. The van der Waals surface area contributed by atoms with E-state index in [9.17, 15) is 0 Å². The summed E-state index contributed by atoms with van der Waals surface area (Å²) in [5.41, 5.74) is 3.80. The number of para-hydroxylation sites is 1. The van der Waals surface area contributed by atoms with Gasteiger partial charge in [-0.15, -0.1) is 0 Å². The van der Waals surface area contributed by atoms with Crippen molar-refractivity contribution < 1.29 is 4.57 Å². The van der Waals surface area contributed by atoms with E-state index in [-0.39, 0.29) is 0 Å². The molecule has 0 saturated heterocycles. The molecule has 0 spiro atoms. The average Bonchev–Trinajstić information content (AvgIpc) is 2.86. The van der Waals surface area contributed by atoms with Crippen LogP contribution in [-0.4, -0.2) is 6.26 Å². The van der Waals surface area contributed by atoms with E-state index < -0.39 is 0 Å². The highest BCUT2D eigenvalue weighted by atomic mass is 32.2. The van der Waals surface area contributed by atoms with Crippen LogP contribution >= 0.6 is 23.1 Å². The maximum Gasteiger partial charge on any atom is 0.298 e. The van der Waals surface area contributed by atoms with Crippen LogP contribution in [0.15, 0.2) is 59.4 Å². The van der Waals surface area contributed by atoms with Crippen molar-refractivity contribution in [3.8, 4) is 0 Å². The van der Waals surface area contributed by atoms with E-state index in [1.807, 2.05) is 29.2 Å². The first-order valence-electron chi connectivity index (χ1n) is 6.48. The summed E-state index contributed by atoms with van der Waals surface area (Å²) in [6.45, 7) is 4.71. The smallest absolute Gasteiger partial charge is 0.172 e. The topological polar surface area (TPSA) is 3.88 Å². The van der Waals surface area contributed by atoms with Crippen molar-refractivity contribution >= 4 is 39.4 Å². The van der Waals surface area contributed by atoms with Crippen LogP contribution in [-0.2, 0) is 6.54 Å². The number of aromatic nitrogens is 1. The molecule has 0 bridgehead atoms. The van der Waals surface area contributed by atoms with Gasteiger partial charge in [0.15, 0.2) is 6.54 Å². The fraction of sp³-hybridized carbons (Fsp3) is 0.118. The fourth-order valence-electron chi connectivity index (χ4n) is 2.26. The highest BCUT2D eigenvalue weighted by molar-refractivity contribution is 8.00. The molecule has 1 nitrogen and oxygen atoms in total. The summed E-state index contributed by atoms with van der Waals surface area (Å²) in [6, 6.07) is 17.2. The molecule has 3 heteroatoms. The number of thioether (sulfide) groups is 1. The van der Waals surface area contributed by atoms with Crippen molar-refractivity contribution in [2.24, 2.45) is 0 Å². The first-order valence-corrected chi connectivity index (χ1v) is 8.52. The number of rotatable bonds is 4. The Kier molecular flexibility index (Phi) is 3.90. The van der Waals surface area contributed by atoms with E-state index in [2.05, 4.69) is 65.9 Å². The molecule has 3 rings (SSSR count). The van der Waals surface area contributed by atoms with E-state index in [1.54, 1.807) is 0 Å². The third kappa shape index (κ3) is 2.51. The van der Waals surface area contributed by atoms with Crippen LogP contribution < -0.4 is 4.57 Å². The van der Waals surface area contributed by atoms with Crippen molar-refractivity contribution in [1.82, 2.24) is 0 Å². The first-order chi connectivity index (χ1) is 9.81. The van der Waals surface area contributed by atoms with E-state index in [4.69, 9.17) is 0 Å². The minimum absolute atomic E-state index is 0.914. The SMILES string of the molecule is C=Cc1ccc(C[n+]2c(SC)sc3ccccc32)cc1. The van der Waals surface area contributed by atoms with Crippen molar-refractivity contribution in [1.29, 1.82) is 0 Å². The lowest BCUT2D eigenvalue weighted by Gasteiger charge is -2.00. The Hall–Kier alpha value is -1.58. The molecule has 100 valence electrons. The molecule has 0 N–H and O–H groups in total. The zero-order valence-corrected chi connectivity index (χ0v) is 13.0. The van der Waals surface area contributed by atoms with Crippen LogP contribution in [0.5, 0.6) is 0 Å². The van der Waals surface area contributed by atoms with Crippen LogP contribution in [0, 0.1) is 0 Å². The van der Waals surface area contributed by atoms with Gasteiger partial charge in [-0.1, -0.05) is 60.4 Å². The van der Waals surface area contributed by atoms with Gasteiger partial charge in [0.1, 0.15) is 4.70 Å². The maximum absolute atomic E-state index is 3.80. The van der Waals surface area contributed by atoms with Crippen molar-refractivity contribution in [3.63, 3.8) is 0 Å². The van der Waals surface area contributed by atoms with Gasteiger partial charge in [-0.25, -0.2) is 0 Å². The minimum atomic E-state index is 0.914. The summed E-state index contributed by atoms with van der Waals surface area (Å²) < 4.78 is 5.09. The molecule has 0 fully saturated rings. The molecule has 2 aromatic carbocycles. The zero-order valence-electron chi connectivity index (χ0n) is 11.4. The molecule has 0 radical (unpaired) electrons. The van der Waals surface area contributed by atoms with E-state index in [0.29, 0.717) is 0 Å². The van der Waals surface area contributed by atoms with Crippen LogP contribution in [0.4, 0.5) is 0 Å². The van der Waals surface area contributed by atoms with Crippen molar-refractivity contribution in [2.45, 2.75) is 10.9 Å². The number of hydrogen-bond donors (Lipinski definition) is 0. The van der Waals surface area contributed by atoms with Crippen LogP contribution in [0.25, 0.3) is 16.3 Å². The number of nitrogens with zero attached hydrogens (tertiary/aromatic N) is 1. The van der Waals surface area contributed by atoms with E-state index >= 15 is 0 Å². The molecule has 0 atom stereocenters. The quantitative estimate of drug-likeness (QED) is 0.503. The third-order valence-corrected chi connectivity index (χ3v) is 5.58. The standard InChI is InChI=1S/C17H16NS2/c1-3-13-8-10-14(11-9-13)12-18-15-6-4-5-7-16(15)20-17(18)19-2/h3-11H,1,12H2,2H3/q+1. The van der Waals surface area contributed by atoms with Crippen LogP contribution in [0.3, 0.4) is 0 Å².